The van der Waals surface area contributed by atoms with E-state index in [1.165, 1.54) is 100 Å². The number of hydrogen-bond acceptors (Lipinski definition) is 0. The number of hydrogen-bond donors (Lipinski definition) is 0. The summed E-state index contributed by atoms with van der Waals surface area (Å²) >= 11 is 0. The average Bonchev–Trinajstić information content (AvgIpc) is 3.63. The Morgan fingerprint density at radius 3 is 1.07 bits per heavy atom. The van der Waals surface area contributed by atoms with Crippen LogP contribution in [-0.4, -0.2) is 0 Å². The summed E-state index contributed by atoms with van der Waals surface area (Å²) in [4.78, 5) is 0. The van der Waals surface area contributed by atoms with Gasteiger partial charge in [0.15, 0.2) is 0 Å². The van der Waals surface area contributed by atoms with Crippen LogP contribution in [0.4, 0.5) is 0 Å². The predicted octanol–water partition coefficient (Wildman–Crippen LogP) is 15.5. The molecule has 0 heteroatoms. The molecule has 10 rings (SSSR count). The van der Waals surface area contributed by atoms with Crippen molar-refractivity contribution in [1.82, 2.24) is 0 Å². The summed E-state index contributed by atoms with van der Waals surface area (Å²) in [5, 5.41) is 0. The molecule has 0 fully saturated rings. The zero-order valence-electron chi connectivity index (χ0n) is 34.6. The zero-order chi connectivity index (χ0) is 41.2. The third kappa shape index (κ3) is 7.17. The molecule has 0 spiro atoms. The summed E-state index contributed by atoms with van der Waals surface area (Å²) in [5.41, 5.74) is 21.8. The lowest BCUT2D eigenvalue weighted by atomic mass is 9.67. The minimum atomic E-state index is -0.481. The number of rotatable bonds is 9. The number of benzene rings is 9. The smallest absolute Gasteiger partial charge is 0.0622 e. The lowest BCUT2D eigenvalue weighted by molar-refractivity contribution is 0.768. The van der Waals surface area contributed by atoms with Gasteiger partial charge in [0.25, 0.3) is 0 Å². The Hall–Kier alpha value is -7.54. The van der Waals surface area contributed by atoms with E-state index in [0.29, 0.717) is 0 Å². The molecular weight excluding hydrogens is 733 g/mol. The standard InChI is InChI=1S/C61H46/c1-43-21-29-51(30-22-43)57(49-13-5-3-6-14-49)41-45-25-33-47(34-26-45)48-35-39-54(40-36-48)61(59-19-11-9-17-55(59)56-18-10-12-20-60(56)61)53-37-27-46(28-38-53)42-58(50-15-7-4-8-16-50)52-31-23-44(2)24-32-52/h3-42H,1-2H3/b57-41-,58-42-. The molecule has 0 aromatic heterocycles. The molecule has 290 valence electrons. The van der Waals surface area contributed by atoms with E-state index < -0.39 is 5.41 Å². The largest absolute Gasteiger partial charge is 0.0713 e. The maximum Gasteiger partial charge on any atom is 0.0713 e. The maximum absolute atomic E-state index is 2.35. The summed E-state index contributed by atoms with van der Waals surface area (Å²) in [6.45, 7) is 4.28. The van der Waals surface area contributed by atoms with Crippen molar-refractivity contribution in [2.45, 2.75) is 19.3 Å². The van der Waals surface area contributed by atoms with Gasteiger partial charge >= 0.3 is 0 Å². The Morgan fingerprint density at radius 2 is 0.639 bits per heavy atom. The van der Waals surface area contributed by atoms with Crippen molar-refractivity contribution < 1.29 is 0 Å². The second-order valence-corrected chi connectivity index (χ2v) is 16.2. The minimum absolute atomic E-state index is 0.481. The van der Waals surface area contributed by atoms with E-state index in [2.05, 4.69) is 257 Å². The Morgan fingerprint density at radius 1 is 0.311 bits per heavy atom. The monoisotopic (exact) mass is 778 g/mol. The summed E-state index contributed by atoms with van der Waals surface area (Å²) in [6, 6.07) is 84.6. The van der Waals surface area contributed by atoms with Crippen LogP contribution in [0.2, 0.25) is 0 Å². The van der Waals surface area contributed by atoms with Gasteiger partial charge in [0.05, 0.1) is 5.41 Å². The van der Waals surface area contributed by atoms with Gasteiger partial charge in [0.1, 0.15) is 0 Å². The molecular formula is C61H46. The van der Waals surface area contributed by atoms with Crippen LogP contribution in [0.25, 0.3) is 45.6 Å². The van der Waals surface area contributed by atoms with E-state index in [1.54, 1.807) is 0 Å². The first-order valence-corrected chi connectivity index (χ1v) is 21.2. The molecule has 0 bridgehead atoms. The first kappa shape index (κ1) is 37.7. The molecule has 9 aromatic carbocycles. The normalized spacial score (nSPS) is 13.1. The van der Waals surface area contributed by atoms with Gasteiger partial charge in [-0.25, -0.2) is 0 Å². The molecule has 1 aliphatic rings. The van der Waals surface area contributed by atoms with Gasteiger partial charge in [-0.2, -0.15) is 0 Å². The van der Waals surface area contributed by atoms with Crippen molar-refractivity contribution in [3.63, 3.8) is 0 Å². The molecule has 0 nitrogen and oxygen atoms in total. The van der Waals surface area contributed by atoms with Crippen LogP contribution < -0.4 is 0 Å². The molecule has 0 amide bonds. The van der Waals surface area contributed by atoms with Crippen molar-refractivity contribution in [1.29, 1.82) is 0 Å². The van der Waals surface area contributed by atoms with Gasteiger partial charge in [0, 0.05) is 0 Å². The first-order chi connectivity index (χ1) is 30.0. The van der Waals surface area contributed by atoms with Crippen molar-refractivity contribution in [3.05, 3.63) is 297 Å². The molecule has 0 radical (unpaired) electrons. The molecule has 0 heterocycles. The van der Waals surface area contributed by atoms with E-state index in [4.69, 9.17) is 0 Å². The van der Waals surface area contributed by atoms with Crippen LogP contribution >= 0.6 is 0 Å². The summed E-state index contributed by atoms with van der Waals surface area (Å²) < 4.78 is 0. The van der Waals surface area contributed by atoms with Crippen molar-refractivity contribution in [2.24, 2.45) is 0 Å². The summed E-state index contributed by atoms with van der Waals surface area (Å²) in [7, 11) is 0. The van der Waals surface area contributed by atoms with E-state index in [1.807, 2.05) is 0 Å². The molecule has 0 N–H and O–H groups in total. The molecule has 0 unspecified atom stereocenters. The molecule has 0 saturated heterocycles. The van der Waals surface area contributed by atoms with Gasteiger partial charge < -0.3 is 0 Å². The Kier molecular flexibility index (Phi) is 10.0. The van der Waals surface area contributed by atoms with Gasteiger partial charge in [-0.3, -0.25) is 0 Å². The van der Waals surface area contributed by atoms with Gasteiger partial charge in [-0.05, 0) is 115 Å². The van der Waals surface area contributed by atoms with Gasteiger partial charge in [-0.1, -0.05) is 242 Å². The fraction of sp³-hybridized carbons (Fsp3) is 0.0492. The highest BCUT2D eigenvalue weighted by Gasteiger charge is 2.45. The molecule has 9 aromatic rings. The average molecular weight is 779 g/mol. The molecule has 61 heavy (non-hydrogen) atoms. The Bertz CT molecular complexity index is 2960. The second kappa shape index (κ2) is 16.3. The fourth-order valence-corrected chi connectivity index (χ4v) is 9.24. The van der Waals surface area contributed by atoms with Crippen LogP contribution in [0.15, 0.2) is 231 Å². The van der Waals surface area contributed by atoms with E-state index in [9.17, 15) is 0 Å². The third-order valence-corrected chi connectivity index (χ3v) is 12.4. The topological polar surface area (TPSA) is 0 Å². The highest BCUT2D eigenvalue weighted by Crippen LogP contribution is 2.56. The highest BCUT2D eigenvalue weighted by atomic mass is 14.5. The van der Waals surface area contributed by atoms with Gasteiger partial charge in [0.2, 0.25) is 0 Å². The molecule has 0 saturated carbocycles. The highest BCUT2D eigenvalue weighted by molar-refractivity contribution is 5.93. The maximum atomic E-state index is 2.35. The SMILES string of the molecule is Cc1ccc(/C(=C\c2ccc(-c3ccc(C4(c5ccc(/C=C(/c6ccccc6)c6ccc(C)cc6)cc5)c5ccccc5-c5ccccc54)cc3)cc2)c2ccccc2)cc1. The second-order valence-electron chi connectivity index (χ2n) is 16.2. The molecule has 1 aliphatic carbocycles. The van der Waals surface area contributed by atoms with Crippen LogP contribution in [0.5, 0.6) is 0 Å². The van der Waals surface area contributed by atoms with Crippen molar-refractivity contribution in [2.75, 3.05) is 0 Å². The zero-order valence-corrected chi connectivity index (χ0v) is 34.6. The van der Waals surface area contributed by atoms with Crippen molar-refractivity contribution in [3.8, 4) is 22.3 Å². The molecule has 0 atom stereocenters. The summed E-state index contributed by atoms with van der Waals surface area (Å²) in [5.74, 6) is 0. The summed E-state index contributed by atoms with van der Waals surface area (Å²) in [6.07, 6.45) is 4.63. The quantitative estimate of drug-likeness (QED) is 0.128. The Labute approximate surface area is 360 Å². The predicted molar refractivity (Wildman–Crippen MR) is 258 cm³/mol. The van der Waals surface area contributed by atoms with Gasteiger partial charge in [-0.15, -0.1) is 0 Å². The van der Waals surface area contributed by atoms with E-state index >= 15 is 0 Å². The third-order valence-electron chi connectivity index (χ3n) is 12.4. The first-order valence-electron chi connectivity index (χ1n) is 21.2. The lowest BCUT2D eigenvalue weighted by Crippen LogP contribution is -2.28. The number of aryl methyl sites for hydroxylation is 2. The van der Waals surface area contributed by atoms with E-state index in [-0.39, 0.29) is 0 Å². The van der Waals surface area contributed by atoms with E-state index in [0.717, 1.165) is 0 Å². The van der Waals surface area contributed by atoms with Crippen molar-refractivity contribution >= 4 is 23.3 Å². The lowest BCUT2D eigenvalue weighted by Gasteiger charge is -2.34. The Balaban J connectivity index is 1.03. The van der Waals surface area contributed by atoms with Crippen LogP contribution in [0.3, 0.4) is 0 Å². The fourth-order valence-electron chi connectivity index (χ4n) is 9.24. The number of fused-ring (bicyclic) bond motifs is 3. The van der Waals surface area contributed by atoms with Crippen LogP contribution in [0.1, 0.15) is 66.8 Å². The molecule has 0 aliphatic heterocycles. The van der Waals surface area contributed by atoms with Crippen LogP contribution in [-0.2, 0) is 5.41 Å². The van der Waals surface area contributed by atoms with Crippen LogP contribution in [0, 0.1) is 13.8 Å². The minimum Gasteiger partial charge on any atom is -0.0622 e.